The molecule has 1 aromatic carbocycles. The Bertz CT molecular complexity index is 447. The molecule has 0 bridgehead atoms. The molecule has 3 N–H and O–H groups in total. The van der Waals surface area contributed by atoms with Crippen molar-refractivity contribution < 1.29 is 9.50 Å². The van der Waals surface area contributed by atoms with E-state index in [-0.39, 0.29) is 5.75 Å². The van der Waals surface area contributed by atoms with Gasteiger partial charge in [0.05, 0.1) is 6.54 Å². The molecule has 1 heterocycles. The number of phenolic OH excluding ortho intramolecular Hbond substituents is 1. The van der Waals surface area contributed by atoms with Crippen LogP contribution in [0.4, 0.5) is 4.39 Å². The van der Waals surface area contributed by atoms with Gasteiger partial charge in [0, 0.05) is 24.6 Å². The quantitative estimate of drug-likeness (QED) is 0.629. The lowest BCUT2D eigenvalue weighted by Crippen LogP contribution is -2.42. The first-order chi connectivity index (χ1) is 8.66. The number of hydrogen-bond acceptors (Lipinski definition) is 3. The Morgan fingerprint density at radius 2 is 2.17 bits per heavy atom. The van der Waals surface area contributed by atoms with Crippen molar-refractivity contribution in [2.24, 2.45) is 10.7 Å². The van der Waals surface area contributed by atoms with Crippen molar-refractivity contribution >= 4 is 17.7 Å². The van der Waals surface area contributed by atoms with E-state index in [9.17, 15) is 4.39 Å². The van der Waals surface area contributed by atoms with Crippen molar-refractivity contribution in [3.63, 3.8) is 0 Å². The average Bonchev–Trinajstić information content (AvgIpc) is 2.41. The molecule has 1 aromatic rings. The molecule has 0 spiro atoms. The maximum atomic E-state index is 13.1. The van der Waals surface area contributed by atoms with Crippen LogP contribution in [0.2, 0.25) is 0 Å². The van der Waals surface area contributed by atoms with Crippen molar-refractivity contribution in [2.75, 3.05) is 24.6 Å². The fourth-order valence-corrected chi connectivity index (χ4v) is 2.62. The summed E-state index contributed by atoms with van der Waals surface area (Å²) in [5.41, 5.74) is 6.58. The van der Waals surface area contributed by atoms with Crippen molar-refractivity contribution in [1.29, 1.82) is 0 Å². The zero-order chi connectivity index (χ0) is 13.0. The largest absolute Gasteiger partial charge is 0.505 e. The number of guanidine groups is 1. The number of thioether (sulfide) groups is 1. The summed E-state index contributed by atoms with van der Waals surface area (Å²) in [5.74, 6) is 1.65. The summed E-state index contributed by atoms with van der Waals surface area (Å²) in [4.78, 5) is 6.29. The Morgan fingerprint density at radius 3 is 2.83 bits per heavy atom. The SMILES string of the molecule is NC(=NCc1ccc(O)c(F)c1)N1CCSCC1. The Kier molecular flexibility index (Phi) is 4.30. The molecule has 98 valence electrons. The van der Waals surface area contributed by atoms with Crippen LogP contribution in [0.15, 0.2) is 23.2 Å². The van der Waals surface area contributed by atoms with Gasteiger partial charge in [0.25, 0.3) is 0 Å². The molecule has 0 radical (unpaired) electrons. The monoisotopic (exact) mass is 269 g/mol. The number of phenols is 1. The fourth-order valence-electron chi connectivity index (χ4n) is 1.71. The number of aromatic hydroxyl groups is 1. The zero-order valence-electron chi connectivity index (χ0n) is 9.97. The Balaban J connectivity index is 1.98. The van der Waals surface area contributed by atoms with E-state index >= 15 is 0 Å². The third-order valence-electron chi connectivity index (χ3n) is 2.77. The van der Waals surface area contributed by atoms with E-state index in [2.05, 4.69) is 4.99 Å². The second-order valence-electron chi connectivity index (χ2n) is 4.06. The fraction of sp³-hybridized carbons (Fsp3) is 0.417. The van der Waals surface area contributed by atoms with Gasteiger partial charge in [-0.05, 0) is 17.7 Å². The summed E-state index contributed by atoms with van der Waals surface area (Å²) in [5, 5.41) is 9.08. The predicted molar refractivity (Wildman–Crippen MR) is 72.3 cm³/mol. The highest BCUT2D eigenvalue weighted by Gasteiger charge is 2.11. The Hall–Kier alpha value is -1.43. The minimum atomic E-state index is -0.629. The predicted octanol–water partition coefficient (Wildman–Crippen LogP) is 1.39. The first-order valence-electron chi connectivity index (χ1n) is 5.77. The summed E-state index contributed by atoms with van der Waals surface area (Å²) >= 11 is 1.90. The lowest BCUT2D eigenvalue weighted by atomic mass is 10.2. The van der Waals surface area contributed by atoms with E-state index in [0.29, 0.717) is 18.1 Å². The van der Waals surface area contributed by atoms with Gasteiger partial charge in [0.1, 0.15) is 0 Å². The Morgan fingerprint density at radius 1 is 1.44 bits per heavy atom. The summed E-state index contributed by atoms with van der Waals surface area (Å²) in [7, 11) is 0. The Labute approximate surface area is 110 Å². The number of hydrogen-bond donors (Lipinski definition) is 2. The molecular weight excluding hydrogens is 253 g/mol. The van der Waals surface area contributed by atoms with E-state index in [4.69, 9.17) is 10.8 Å². The molecule has 6 heteroatoms. The van der Waals surface area contributed by atoms with E-state index in [0.717, 1.165) is 24.6 Å². The number of nitrogens with zero attached hydrogens (tertiary/aromatic N) is 2. The van der Waals surface area contributed by atoms with Gasteiger partial charge in [0.2, 0.25) is 0 Å². The molecule has 2 rings (SSSR count). The summed E-state index contributed by atoms with van der Waals surface area (Å²) < 4.78 is 13.1. The maximum Gasteiger partial charge on any atom is 0.191 e. The van der Waals surface area contributed by atoms with Gasteiger partial charge in [-0.15, -0.1) is 0 Å². The van der Waals surface area contributed by atoms with Gasteiger partial charge >= 0.3 is 0 Å². The van der Waals surface area contributed by atoms with E-state index in [1.807, 2.05) is 16.7 Å². The highest BCUT2D eigenvalue weighted by Crippen LogP contribution is 2.16. The topological polar surface area (TPSA) is 61.9 Å². The highest BCUT2D eigenvalue weighted by atomic mass is 32.2. The molecule has 0 aromatic heterocycles. The maximum absolute atomic E-state index is 13.1. The average molecular weight is 269 g/mol. The second-order valence-corrected chi connectivity index (χ2v) is 5.28. The number of nitrogens with two attached hydrogens (primary N) is 1. The van der Waals surface area contributed by atoms with Crippen LogP contribution in [0.1, 0.15) is 5.56 Å². The molecule has 1 fully saturated rings. The van der Waals surface area contributed by atoms with Gasteiger partial charge in [0.15, 0.2) is 17.5 Å². The number of aliphatic imine (C=N–C) groups is 1. The van der Waals surface area contributed by atoms with Crippen LogP contribution in [-0.4, -0.2) is 40.6 Å². The minimum absolute atomic E-state index is 0.326. The molecule has 1 saturated heterocycles. The van der Waals surface area contributed by atoms with Gasteiger partial charge in [-0.25, -0.2) is 9.38 Å². The van der Waals surface area contributed by atoms with Gasteiger partial charge in [-0.3, -0.25) is 0 Å². The van der Waals surface area contributed by atoms with Gasteiger partial charge < -0.3 is 15.7 Å². The van der Waals surface area contributed by atoms with E-state index < -0.39 is 5.82 Å². The van der Waals surface area contributed by atoms with Crippen LogP contribution in [0, 0.1) is 5.82 Å². The lowest BCUT2D eigenvalue weighted by molar-refractivity contribution is 0.431. The molecule has 0 unspecified atom stereocenters. The van der Waals surface area contributed by atoms with Crippen molar-refractivity contribution in [2.45, 2.75) is 6.54 Å². The van der Waals surface area contributed by atoms with Gasteiger partial charge in [-0.2, -0.15) is 11.8 Å². The summed E-state index contributed by atoms with van der Waals surface area (Å²) in [6, 6.07) is 4.24. The minimum Gasteiger partial charge on any atom is -0.505 e. The van der Waals surface area contributed by atoms with Crippen LogP contribution in [0.3, 0.4) is 0 Å². The van der Waals surface area contributed by atoms with Crippen LogP contribution < -0.4 is 5.73 Å². The molecule has 0 amide bonds. The summed E-state index contributed by atoms with van der Waals surface area (Å²) in [6.45, 7) is 2.14. The van der Waals surface area contributed by atoms with E-state index in [1.165, 1.54) is 12.1 Å². The zero-order valence-corrected chi connectivity index (χ0v) is 10.8. The van der Waals surface area contributed by atoms with Crippen LogP contribution >= 0.6 is 11.8 Å². The summed E-state index contributed by atoms with van der Waals surface area (Å²) in [6.07, 6.45) is 0. The molecule has 0 atom stereocenters. The van der Waals surface area contributed by atoms with Crippen molar-refractivity contribution in [3.05, 3.63) is 29.6 Å². The van der Waals surface area contributed by atoms with Crippen molar-refractivity contribution in [3.8, 4) is 5.75 Å². The molecular formula is C12H16FN3OS. The number of benzene rings is 1. The molecule has 18 heavy (non-hydrogen) atoms. The highest BCUT2D eigenvalue weighted by molar-refractivity contribution is 7.99. The first kappa shape index (κ1) is 13.0. The lowest BCUT2D eigenvalue weighted by Gasteiger charge is -2.27. The van der Waals surface area contributed by atoms with Gasteiger partial charge in [-0.1, -0.05) is 6.07 Å². The number of halogens is 1. The third kappa shape index (κ3) is 3.29. The molecule has 1 aliphatic rings. The standard InChI is InChI=1S/C12H16FN3OS/c13-10-7-9(1-2-11(10)17)8-15-12(14)16-3-5-18-6-4-16/h1-2,7,17H,3-6,8H2,(H2,14,15). The smallest absolute Gasteiger partial charge is 0.191 e. The normalized spacial score (nSPS) is 16.9. The first-order valence-corrected chi connectivity index (χ1v) is 6.92. The molecule has 0 saturated carbocycles. The van der Waals surface area contributed by atoms with E-state index in [1.54, 1.807) is 6.07 Å². The second kappa shape index (κ2) is 5.95. The van der Waals surface area contributed by atoms with Crippen LogP contribution in [-0.2, 0) is 6.54 Å². The molecule has 4 nitrogen and oxygen atoms in total. The third-order valence-corrected chi connectivity index (χ3v) is 3.71. The van der Waals surface area contributed by atoms with Crippen molar-refractivity contribution in [1.82, 2.24) is 4.90 Å². The molecule has 0 aliphatic carbocycles. The van der Waals surface area contributed by atoms with Crippen LogP contribution in [0.5, 0.6) is 5.75 Å². The molecule has 1 aliphatic heterocycles. The van der Waals surface area contributed by atoms with Crippen LogP contribution in [0.25, 0.3) is 0 Å². The number of rotatable bonds is 2.